The smallest absolute Gasteiger partial charge is 0.208 e. The molecule has 0 bridgehead atoms. The van der Waals surface area contributed by atoms with Gasteiger partial charge < -0.3 is 4.74 Å². The van der Waals surface area contributed by atoms with E-state index in [0.717, 1.165) is 11.5 Å². The van der Waals surface area contributed by atoms with Gasteiger partial charge >= 0.3 is 0 Å². The predicted octanol–water partition coefficient (Wildman–Crippen LogP) is 1.48. The minimum Gasteiger partial charge on any atom is -0.495 e. The fraction of sp³-hybridized carbons (Fsp3) is 0.200. The number of pyridine rings is 1. The van der Waals surface area contributed by atoms with Gasteiger partial charge in [0.15, 0.2) is 0 Å². The summed E-state index contributed by atoms with van der Waals surface area (Å²) in [7, 11) is 1.53. The fourth-order valence-corrected chi connectivity index (χ4v) is 1.84. The van der Waals surface area contributed by atoms with E-state index in [1.54, 1.807) is 19.2 Å². The van der Waals surface area contributed by atoms with Gasteiger partial charge in [0.1, 0.15) is 10.6 Å². The van der Waals surface area contributed by atoms with E-state index in [0.29, 0.717) is 21.9 Å². The highest BCUT2D eigenvalue weighted by Gasteiger charge is 2.16. The van der Waals surface area contributed by atoms with Gasteiger partial charge in [-0.15, -0.1) is 5.10 Å². The van der Waals surface area contributed by atoms with Crippen LogP contribution < -0.4 is 4.74 Å². The number of hydrogen-bond acceptors (Lipinski definition) is 6. The van der Waals surface area contributed by atoms with Crippen molar-refractivity contribution in [1.29, 1.82) is 0 Å². The Kier molecular flexibility index (Phi) is 2.91. The van der Waals surface area contributed by atoms with Crippen molar-refractivity contribution in [2.24, 2.45) is 0 Å². The third kappa shape index (κ3) is 1.92. The van der Waals surface area contributed by atoms with E-state index >= 15 is 0 Å². The first-order valence-corrected chi connectivity index (χ1v) is 5.32. The van der Waals surface area contributed by atoms with E-state index < -0.39 is 0 Å². The van der Waals surface area contributed by atoms with E-state index in [1.807, 2.05) is 0 Å². The molecule has 2 aromatic rings. The minimum absolute atomic E-state index is 0.126. The number of hydrogen-bond donors (Lipinski definition) is 0. The van der Waals surface area contributed by atoms with Crippen molar-refractivity contribution in [3.05, 3.63) is 34.6 Å². The number of carbonyl (C=O) groups is 1. The summed E-state index contributed by atoms with van der Waals surface area (Å²) in [6.45, 7) is 1.75. The van der Waals surface area contributed by atoms with Crippen molar-refractivity contribution < 1.29 is 9.53 Å². The number of rotatable bonds is 3. The number of ether oxygens (including phenoxy) is 1. The van der Waals surface area contributed by atoms with E-state index in [2.05, 4.69) is 14.6 Å². The molecule has 0 amide bonds. The lowest BCUT2D eigenvalue weighted by Gasteiger charge is -2.01. The van der Waals surface area contributed by atoms with Gasteiger partial charge in [0.05, 0.1) is 19.0 Å². The molecule has 0 aliphatic heterocycles. The first kappa shape index (κ1) is 10.7. The largest absolute Gasteiger partial charge is 0.495 e. The molecule has 6 heteroatoms. The van der Waals surface area contributed by atoms with E-state index in [-0.39, 0.29) is 5.78 Å². The maximum absolute atomic E-state index is 12.0. The van der Waals surface area contributed by atoms with Crippen LogP contribution in [0.4, 0.5) is 0 Å². The lowest BCUT2D eigenvalue weighted by Crippen LogP contribution is -2.02. The first-order chi connectivity index (χ1) is 7.72. The zero-order chi connectivity index (χ0) is 11.5. The Morgan fingerprint density at radius 3 is 2.88 bits per heavy atom. The topological polar surface area (TPSA) is 65.0 Å². The second-order valence-electron chi connectivity index (χ2n) is 3.13. The number of aromatic nitrogens is 3. The van der Waals surface area contributed by atoms with Crippen LogP contribution in [0.2, 0.25) is 0 Å². The molecule has 0 N–H and O–H groups in total. The molecule has 0 aliphatic carbocycles. The number of carbonyl (C=O) groups excluding carboxylic acids is 1. The highest BCUT2D eigenvalue weighted by atomic mass is 32.1. The summed E-state index contributed by atoms with van der Waals surface area (Å²) in [5.41, 5.74) is 1.12. The molecule has 2 heterocycles. The summed E-state index contributed by atoms with van der Waals surface area (Å²) in [5.74, 6) is 0.430. The summed E-state index contributed by atoms with van der Waals surface area (Å²) < 4.78 is 8.74. The predicted molar refractivity (Wildman–Crippen MR) is 58.9 cm³/mol. The van der Waals surface area contributed by atoms with Crippen molar-refractivity contribution in [3.8, 4) is 5.75 Å². The molecule has 0 fully saturated rings. The molecule has 2 aromatic heterocycles. The van der Waals surface area contributed by atoms with Gasteiger partial charge in [0.25, 0.3) is 0 Å². The molecule has 0 saturated carbocycles. The van der Waals surface area contributed by atoms with Crippen LogP contribution in [-0.2, 0) is 0 Å². The molecular formula is C10H9N3O2S. The van der Waals surface area contributed by atoms with Crippen LogP contribution in [0.5, 0.6) is 5.75 Å². The summed E-state index contributed by atoms with van der Waals surface area (Å²) in [5, 5.41) is 3.80. The number of nitrogens with zero attached hydrogens (tertiary/aromatic N) is 3. The van der Waals surface area contributed by atoms with Crippen LogP contribution in [0.1, 0.15) is 20.9 Å². The molecule has 0 atom stereocenters. The molecule has 82 valence electrons. The van der Waals surface area contributed by atoms with Crippen LogP contribution in [0.25, 0.3) is 0 Å². The Balaban J connectivity index is 2.38. The number of methoxy groups -OCH3 is 1. The molecule has 0 aromatic carbocycles. The maximum atomic E-state index is 12.0. The van der Waals surface area contributed by atoms with Gasteiger partial charge in [-0.2, -0.15) is 0 Å². The zero-order valence-electron chi connectivity index (χ0n) is 8.80. The van der Waals surface area contributed by atoms with Crippen molar-refractivity contribution in [3.63, 3.8) is 0 Å². The third-order valence-electron chi connectivity index (χ3n) is 2.07. The Hall–Kier alpha value is -1.82. The SMILES string of the molecule is COc1cncc(C(=O)c2snnc2C)c1. The first-order valence-electron chi connectivity index (χ1n) is 4.55. The quantitative estimate of drug-likeness (QED) is 0.754. The molecular weight excluding hydrogens is 226 g/mol. The summed E-state index contributed by atoms with van der Waals surface area (Å²) in [6, 6.07) is 1.65. The van der Waals surface area contributed by atoms with Crippen molar-refractivity contribution in [2.75, 3.05) is 7.11 Å². The van der Waals surface area contributed by atoms with Crippen LogP contribution >= 0.6 is 11.5 Å². The monoisotopic (exact) mass is 235 g/mol. The Labute approximate surface area is 96.3 Å². The normalized spacial score (nSPS) is 10.1. The maximum Gasteiger partial charge on any atom is 0.208 e. The second kappa shape index (κ2) is 4.36. The fourth-order valence-electron chi connectivity index (χ4n) is 1.23. The van der Waals surface area contributed by atoms with E-state index in [4.69, 9.17) is 4.74 Å². The molecule has 5 nitrogen and oxygen atoms in total. The zero-order valence-corrected chi connectivity index (χ0v) is 9.61. The van der Waals surface area contributed by atoms with Gasteiger partial charge in [0, 0.05) is 11.8 Å². The van der Waals surface area contributed by atoms with Gasteiger partial charge in [-0.1, -0.05) is 4.49 Å². The second-order valence-corrected chi connectivity index (χ2v) is 3.88. The molecule has 0 spiro atoms. The summed E-state index contributed by atoms with van der Waals surface area (Å²) >= 11 is 1.09. The highest BCUT2D eigenvalue weighted by molar-refractivity contribution is 7.08. The van der Waals surface area contributed by atoms with Crippen molar-refractivity contribution in [2.45, 2.75) is 6.92 Å². The lowest BCUT2D eigenvalue weighted by molar-refractivity contribution is 0.104. The number of ketones is 1. The Morgan fingerprint density at radius 1 is 1.44 bits per heavy atom. The number of aryl methyl sites for hydroxylation is 1. The minimum atomic E-state index is -0.126. The van der Waals surface area contributed by atoms with Crippen molar-refractivity contribution >= 4 is 17.3 Å². The third-order valence-corrected chi connectivity index (χ3v) is 2.90. The molecule has 0 aliphatic rings. The molecule has 16 heavy (non-hydrogen) atoms. The van der Waals surface area contributed by atoms with Gasteiger partial charge in [0.2, 0.25) is 5.78 Å². The van der Waals surface area contributed by atoms with Crippen LogP contribution in [0.3, 0.4) is 0 Å². The van der Waals surface area contributed by atoms with Gasteiger partial charge in [-0.25, -0.2) is 0 Å². The van der Waals surface area contributed by atoms with Gasteiger partial charge in [-0.3, -0.25) is 9.78 Å². The molecule has 0 unspecified atom stereocenters. The lowest BCUT2D eigenvalue weighted by atomic mass is 10.1. The summed E-state index contributed by atoms with van der Waals surface area (Å²) in [6.07, 6.45) is 3.05. The Morgan fingerprint density at radius 2 is 2.25 bits per heavy atom. The summed E-state index contributed by atoms with van der Waals surface area (Å²) in [4.78, 5) is 16.5. The molecule has 0 radical (unpaired) electrons. The average molecular weight is 235 g/mol. The van der Waals surface area contributed by atoms with Crippen molar-refractivity contribution in [1.82, 2.24) is 14.6 Å². The standard InChI is InChI=1S/C10H9N3O2S/c1-6-10(16-13-12-6)9(14)7-3-8(15-2)5-11-4-7/h3-5H,1-2H3. The van der Waals surface area contributed by atoms with Gasteiger partial charge in [-0.05, 0) is 24.5 Å². The van der Waals surface area contributed by atoms with E-state index in [1.165, 1.54) is 13.3 Å². The van der Waals surface area contributed by atoms with Crippen LogP contribution in [-0.4, -0.2) is 27.5 Å². The molecule has 2 rings (SSSR count). The Bertz CT molecular complexity index is 524. The molecule has 0 saturated heterocycles. The average Bonchev–Trinajstić information content (AvgIpc) is 2.74. The highest BCUT2D eigenvalue weighted by Crippen LogP contribution is 2.18. The van der Waals surface area contributed by atoms with E-state index in [9.17, 15) is 4.79 Å². The van der Waals surface area contributed by atoms with Crippen LogP contribution in [0, 0.1) is 6.92 Å². The van der Waals surface area contributed by atoms with Crippen LogP contribution in [0.15, 0.2) is 18.5 Å².